The molecule has 2 atom stereocenters. The molecule has 2 aliphatic rings. The number of esters is 1. The van der Waals surface area contributed by atoms with E-state index >= 15 is 0 Å². The fraction of sp³-hybridized carbons (Fsp3) is 0.360. The molecule has 1 aromatic carbocycles. The van der Waals surface area contributed by atoms with Crippen LogP contribution in [0.5, 0.6) is 5.75 Å². The molecule has 0 saturated heterocycles. The Hall–Kier alpha value is -2.38. The Kier molecular flexibility index (Phi) is 6.86. The topological polar surface area (TPSA) is 64.6 Å². The van der Waals surface area contributed by atoms with E-state index in [1.54, 1.807) is 11.3 Å². The van der Waals surface area contributed by atoms with Gasteiger partial charge in [-0.25, -0.2) is 4.79 Å². The van der Waals surface area contributed by atoms with Crippen LogP contribution in [0.2, 0.25) is 0 Å². The summed E-state index contributed by atoms with van der Waals surface area (Å²) in [7, 11) is 1.39. The van der Waals surface area contributed by atoms with E-state index in [1.807, 2.05) is 31.2 Å². The minimum absolute atomic E-state index is 0.160. The van der Waals surface area contributed by atoms with Crippen LogP contribution in [0.1, 0.15) is 47.9 Å². The van der Waals surface area contributed by atoms with Crippen LogP contribution in [0.15, 0.2) is 57.8 Å². The Morgan fingerprint density at radius 3 is 2.69 bits per heavy atom. The second kappa shape index (κ2) is 9.63. The number of ketones is 1. The van der Waals surface area contributed by atoms with Crippen LogP contribution in [-0.2, 0) is 27.4 Å². The number of fused-ring (bicyclic) bond motifs is 1. The number of methoxy groups -OCH3 is 1. The third kappa shape index (κ3) is 4.41. The zero-order valence-corrected chi connectivity index (χ0v) is 20.8. The normalized spacial score (nSPS) is 20.4. The van der Waals surface area contributed by atoms with Gasteiger partial charge in [0.15, 0.2) is 0 Å². The van der Waals surface area contributed by atoms with Crippen LogP contribution < -0.4 is 10.1 Å². The SMILES string of the molecule is CCc1sc(C2C(C(=O)OC)=C(C)NC3=CCCC(=O)C32)cc1COc1ccc(Br)cc1. The highest BCUT2D eigenvalue weighted by Crippen LogP contribution is 2.46. The van der Waals surface area contributed by atoms with E-state index in [2.05, 4.69) is 40.3 Å². The molecule has 4 rings (SSSR count). The molecule has 0 bridgehead atoms. The number of ether oxygens (including phenoxy) is 2. The van der Waals surface area contributed by atoms with Gasteiger partial charge in [-0.05, 0) is 50.1 Å². The van der Waals surface area contributed by atoms with E-state index in [9.17, 15) is 9.59 Å². The summed E-state index contributed by atoms with van der Waals surface area (Å²) in [4.78, 5) is 28.0. The van der Waals surface area contributed by atoms with Gasteiger partial charge >= 0.3 is 5.97 Å². The van der Waals surface area contributed by atoms with E-state index in [-0.39, 0.29) is 17.6 Å². The van der Waals surface area contributed by atoms with Crippen molar-refractivity contribution in [3.8, 4) is 5.75 Å². The number of rotatable bonds is 6. The average Bonchev–Trinajstić information content (AvgIpc) is 3.20. The molecular formula is C25H26BrNO4S. The molecule has 0 saturated carbocycles. The molecule has 2 heterocycles. The van der Waals surface area contributed by atoms with E-state index in [0.29, 0.717) is 18.6 Å². The number of halogens is 1. The maximum atomic E-state index is 13.0. The number of hydrogen-bond acceptors (Lipinski definition) is 6. The molecule has 1 N–H and O–H groups in total. The summed E-state index contributed by atoms with van der Waals surface area (Å²) in [6, 6.07) is 9.85. The van der Waals surface area contributed by atoms with Crippen LogP contribution >= 0.6 is 27.3 Å². The maximum absolute atomic E-state index is 13.0. The van der Waals surface area contributed by atoms with E-state index in [4.69, 9.17) is 9.47 Å². The minimum atomic E-state index is -0.392. The molecule has 32 heavy (non-hydrogen) atoms. The first-order valence-electron chi connectivity index (χ1n) is 10.7. The van der Waals surface area contributed by atoms with E-state index in [1.165, 1.54) is 12.0 Å². The Bertz CT molecular complexity index is 1100. The lowest BCUT2D eigenvalue weighted by atomic mass is 9.73. The molecule has 7 heteroatoms. The summed E-state index contributed by atoms with van der Waals surface area (Å²) in [6.45, 7) is 4.42. The molecule has 0 radical (unpaired) electrons. The van der Waals surface area contributed by atoms with Crippen molar-refractivity contribution in [1.29, 1.82) is 0 Å². The number of carbonyl (C=O) groups excluding carboxylic acids is 2. The summed E-state index contributed by atoms with van der Waals surface area (Å²) in [5.41, 5.74) is 3.27. The predicted molar refractivity (Wildman–Crippen MR) is 129 cm³/mol. The van der Waals surface area contributed by atoms with Crippen molar-refractivity contribution in [3.05, 3.63) is 73.2 Å². The van der Waals surface area contributed by atoms with Crippen molar-refractivity contribution < 1.29 is 19.1 Å². The van der Waals surface area contributed by atoms with Crippen LogP contribution in [-0.4, -0.2) is 18.9 Å². The monoisotopic (exact) mass is 515 g/mol. The first-order valence-corrected chi connectivity index (χ1v) is 12.3. The summed E-state index contributed by atoms with van der Waals surface area (Å²) >= 11 is 5.10. The molecular weight excluding hydrogens is 490 g/mol. The van der Waals surface area contributed by atoms with Crippen molar-refractivity contribution in [3.63, 3.8) is 0 Å². The van der Waals surface area contributed by atoms with Gasteiger partial charge in [0, 0.05) is 43.5 Å². The molecule has 1 aliphatic heterocycles. The van der Waals surface area contributed by atoms with Gasteiger partial charge in [0.2, 0.25) is 0 Å². The Morgan fingerprint density at radius 1 is 1.25 bits per heavy atom. The Balaban J connectivity index is 1.72. The Morgan fingerprint density at radius 2 is 2.00 bits per heavy atom. The van der Waals surface area contributed by atoms with Crippen molar-refractivity contribution in [2.45, 2.75) is 45.6 Å². The summed E-state index contributed by atoms with van der Waals surface area (Å²) in [5, 5.41) is 3.30. The summed E-state index contributed by atoms with van der Waals surface area (Å²) in [5.74, 6) is -0.169. The van der Waals surface area contributed by atoms with E-state index < -0.39 is 5.97 Å². The number of aryl methyl sites for hydroxylation is 1. The number of carbonyl (C=O) groups is 2. The van der Waals surface area contributed by atoms with Crippen molar-refractivity contribution in [1.82, 2.24) is 5.32 Å². The highest BCUT2D eigenvalue weighted by atomic mass is 79.9. The Labute approximate surface area is 200 Å². The number of hydrogen-bond donors (Lipinski definition) is 1. The number of nitrogens with one attached hydrogen (secondary N) is 1. The lowest BCUT2D eigenvalue weighted by molar-refractivity contribution is -0.136. The molecule has 0 spiro atoms. The molecule has 1 aliphatic carbocycles. The largest absolute Gasteiger partial charge is 0.489 e. The van der Waals surface area contributed by atoms with Gasteiger partial charge in [-0.15, -0.1) is 11.3 Å². The highest BCUT2D eigenvalue weighted by molar-refractivity contribution is 9.10. The fourth-order valence-electron chi connectivity index (χ4n) is 4.46. The maximum Gasteiger partial charge on any atom is 0.336 e. The smallest absolute Gasteiger partial charge is 0.336 e. The highest BCUT2D eigenvalue weighted by Gasteiger charge is 2.44. The first kappa shape index (κ1) is 22.8. The van der Waals surface area contributed by atoms with Crippen LogP contribution in [0.3, 0.4) is 0 Å². The standard InChI is InChI=1S/C25H26BrNO4S/c1-4-20-15(13-31-17-10-8-16(26)9-11-17)12-21(32-20)24-22(25(29)30-3)14(2)27-18-6-5-7-19(28)23(18)24/h6,8-12,23-24,27H,4-5,7,13H2,1-3H3. The average molecular weight is 516 g/mol. The molecule has 1 aromatic heterocycles. The van der Waals surface area contributed by atoms with Crippen molar-refractivity contribution in [2.24, 2.45) is 5.92 Å². The summed E-state index contributed by atoms with van der Waals surface area (Å²) in [6.07, 6.45) is 4.16. The molecule has 5 nitrogen and oxygen atoms in total. The number of Topliss-reactive ketones (excluding diaryl/α,β-unsaturated/α-hetero) is 1. The number of thiophene rings is 1. The molecule has 0 fully saturated rings. The second-order valence-corrected chi connectivity index (χ2v) is 10.1. The molecule has 0 amide bonds. The zero-order valence-electron chi connectivity index (χ0n) is 18.4. The molecule has 2 aromatic rings. The van der Waals surface area contributed by atoms with Gasteiger partial charge in [-0.3, -0.25) is 4.79 Å². The van der Waals surface area contributed by atoms with Crippen LogP contribution in [0.4, 0.5) is 0 Å². The van der Waals surface area contributed by atoms with Gasteiger partial charge < -0.3 is 14.8 Å². The van der Waals surface area contributed by atoms with Crippen molar-refractivity contribution in [2.75, 3.05) is 7.11 Å². The van der Waals surface area contributed by atoms with Gasteiger partial charge in [0.05, 0.1) is 18.6 Å². The number of benzene rings is 1. The summed E-state index contributed by atoms with van der Waals surface area (Å²) < 4.78 is 12.1. The van der Waals surface area contributed by atoms with Gasteiger partial charge in [-0.1, -0.05) is 28.9 Å². The second-order valence-electron chi connectivity index (χ2n) is 7.97. The minimum Gasteiger partial charge on any atom is -0.489 e. The quantitative estimate of drug-likeness (QED) is 0.503. The number of allylic oxidation sites excluding steroid dienone is 3. The van der Waals surface area contributed by atoms with E-state index in [0.717, 1.165) is 44.9 Å². The molecule has 2 unspecified atom stereocenters. The third-order valence-electron chi connectivity index (χ3n) is 5.97. The van der Waals surface area contributed by atoms with Gasteiger partial charge in [-0.2, -0.15) is 0 Å². The molecule has 168 valence electrons. The zero-order chi connectivity index (χ0) is 22.8. The van der Waals surface area contributed by atoms with Crippen molar-refractivity contribution >= 4 is 39.0 Å². The lowest BCUT2D eigenvalue weighted by Gasteiger charge is -2.37. The van der Waals surface area contributed by atoms with Gasteiger partial charge in [0.25, 0.3) is 0 Å². The first-order chi connectivity index (χ1) is 15.4. The third-order valence-corrected chi connectivity index (χ3v) is 7.91. The lowest BCUT2D eigenvalue weighted by Crippen LogP contribution is -2.40. The van der Waals surface area contributed by atoms with Crippen LogP contribution in [0.25, 0.3) is 0 Å². The predicted octanol–water partition coefficient (Wildman–Crippen LogP) is 5.65. The fourth-order valence-corrected chi connectivity index (χ4v) is 5.98. The van der Waals surface area contributed by atoms with Gasteiger partial charge in [0.1, 0.15) is 18.1 Å². The van der Waals surface area contributed by atoms with Crippen LogP contribution in [0, 0.1) is 5.92 Å².